The van der Waals surface area contributed by atoms with Crippen LogP contribution in [0, 0.1) is 0 Å². The van der Waals surface area contributed by atoms with Gasteiger partial charge in [0.15, 0.2) is 5.65 Å². The first-order chi connectivity index (χ1) is 15.9. The van der Waals surface area contributed by atoms with Crippen LogP contribution in [0.2, 0.25) is 0 Å². The average Bonchev–Trinajstić information content (AvgIpc) is 3.46. The SMILES string of the molecule is c1ccc2c(c1)Nc1c(ccc(-n3ncc4ccccc43)c1-n1cnc3ncncc31)S2. The fourth-order valence-electron chi connectivity index (χ4n) is 4.20. The number of anilines is 2. The van der Waals surface area contributed by atoms with E-state index in [-0.39, 0.29) is 0 Å². The molecule has 0 unspecified atom stereocenters. The van der Waals surface area contributed by atoms with Crippen molar-refractivity contribution >= 4 is 45.2 Å². The Kier molecular flexibility index (Phi) is 3.65. The van der Waals surface area contributed by atoms with E-state index in [1.807, 2.05) is 33.6 Å². The van der Waals surface area contributed by atoms with Crippen molar-refractivity contribution in [1.82, 2.24) is 29.3 Å². The quantitative estimate of drug-likeness (QED) is 0.396. The molecule has 0 bridgehead atoms. The largest absolute Gasteiger partial charge is 0.352 e. The standard InChI is InChI=1S/C24H15N7S/c1-3-7-17-15(5-1)11-28-31(17)18-9-10-21-22(29-16-6-2-4-8-20(16)32-21)23(18)30-14-27-24-19(30)12-25-13-26-24/h1-14,29H. The van der Waals surface area contributed by atoms with Crippen molar-refractivity contribution < 1.29 is 0 Å². The van der Waals surface area contributed by atoms with Gasteiger partial charge in [0.2, 0.25) is 0 Å². The summed E-state index contributed by atoms with van der Waals surface area (Å²) in [5.74, 6) is 0. The van der Waals surface area contributed by atoms with Gasteiger partial charge in [0.05, 0.1) is 40.7 Å². The third-order valence-corrected chi connectivity index (χ3v) is 6.80. The fraction of sp³-hybridized carbons (Fsp3) is 0. The molecule has 3 aromatic heterocycles. The topological polar surface area (TPSA) is 73.5 Å². The molecule has 3 aromatic carbocycles. The van der Waals surface area contributed by atoms with Gasteiger partial charge < -0.3 is 5.32 Å². The van der Waals surface area contributed by atoms with Crippen LogP contribution in [0.15, 0.2) is 95.5 Å². The number of imidazole rings is 1. The van der Waals surface area contributed by atoms with Crippen molar-refractivity contribution in [1.29, 1.82) is 0 Å². The monoisotopic (exact) mass is 433 g/mol. The zero-order chi connectivity index (χ0) is 21.1. The van der Waals surface area contributed by atoms with Crippen molar-refractivity contribution in [2.24, 2.45) is 0 Å². The molecule has 0 fully saturated rings. The van der Waals surface area contributed by atoms with Crippen LogP contribution in [0.4, 0.5) is 11.4 Å². The normalized spacial score (nSPS) is 12.5. The van der Waals surface area contributed by atoms with Crippen LogP contribution in [-0.4, -0.2) is 29.3 Å². The van der Waals surface area contributed by atoms with Gasteiger partial charge in [0.1, 0.15) is 18.2 Å². The first-order valence-corrected chi connectivity index (χ1v) is 11.0. The second kappa shape index (κ2) is 6.66. The highest BCUT2D eigenvalue weighted by Gasteiger charge is 2.24. The number of hydrogen-bond donors (Lipinski definition) is 1. The summed E-state index contributed by atoms with van der Waals surface area (Å²) in [6.07, 6.45) is 7.01. The molecular formula is C24H15N7S. The molecule has 7 nitrogen and oxygen atoms in total. The van der Waals surface area contributed by atoms with E-state index in [4.69, 9.17) is 5.10 Å². The van der Waals surface area contributed by atoms with E-state index in [1.54, 1.807) is 24.3 Å². The predicted molar refractivity (Wildman–Crippen MR) is 125 cm³/mol. The Morgan fingerprint density at radius 2 is 1.72 bits per heavy atom. The van der Waals surface area contributed by atoms with Crippen LogP contribution in [0.1, 0.15) is 0 Å². The molecule has 6 aromatic rings. The van der Waals surface area contributed by atoms with Crippen LogP contribution in [-0.2, 0) is 0 Å². The molecule has 32 heavy (non-hydrogen) atoms. The van der Waals surface area contributed by atoms with E-state index in [9.17, 15) is 0 Å². The van der Waals surface area contributed by atoms with Gasteiger partial charge in [-0.15, -0.1) is 0 Å². The molecule has 4 heterocycles. The lowest BCUT2D eigenvalue weighted by Crippen LogP contribution is -2.10. The van der Waals surface area contributed by atoms with E-state index in [1.165, 1.54) is 11.2 Å². The van der Waals surface area contributed by atoms with Crippen molar-refractivity contribution in [3.63, 3.8) is 0 Å². The van der Waals surface area contributed by atoms with Crippen LogP contribution in [0.25, 0.3) is 33.4 Å². The second-order valence-electron chi connectivity index (χ2n) is 7.49. The number of rotatable bonds is 2. The van der Waals surface area contributed by atoms with Crippen LogP contribution in [0.5, 0.6) is 0 Å². The van der Waals surface area contributed by atoms with Gasteiger partial charge in [-0.2, -0.15) is 5.10 Å². The lowest BCUT2D eigenvalue weighted by Gasteiger charge is -2.25. The predicted octanol–water partition coefficient (Wildman–Crippen LogP) is 5.36. The number of aromatic nitrogens is 6. The Bertz CT molecular complexity index is 1650. The summed E-state index contributed by atoms with van der Waals surface area (Å²) in [7, 11) is 0. The Labute approximate surface area is 186 Å². The Morgan fingerprint density at radius 1 is 0.812 bits per heavy atom. The third-order valence-electron chi connectivity index (χ3n) is 5.66. The highest BCUT2D eigenvalue weighted by molar-refractivity contribution is 7.99. The molecule has 7 rings (SSSR count). The maximum Gasteiger partial charge on any atom is 0.181 e. The van der Waals surface area contributed by atoms with Crippen molar-refractivity contribution in [3.05, 3.63) is 85.7 Å². The maximum atomic E-state index is 4.73. The molecule has 8 heteroatoms. The Hall–Kier alpha value is -4.17. The van der Waals surface area contributed by atoms with Gasteiger partial charge in [-0.1, -0.05) is 42.1 Å². The van der Waals surface area contributed by atoms with Crippen molar-refractivity contribution in [3.8, 4) is 11.4 Å². The summed E-state index contributed by atoms with van der Waals surface area (Å²) in [6.45, 7) is 0. The van der Waals surface area contributed by atoms with Gasteiger partial charge in [0, 0.05) is 15.2 Å². The molecule has 0 aliphatic carbocycles. The van der Waals surface area contributed by atoms with E-state index in [2.05, 4.69) is 62.7 Å². The van der Waals surface area contributed by atoms with Gasteiger partial charge in [-0.3, -0.25) is 4.57 Å². The van der Waals surface area contributed by atoms with Crippen molar-refractivity contribution in [2.45, 2.75) is 9.79 Å². The van der Waals surface area contributed by atoms with Crippen LogP contribution < -0.4 is 5.32 Å². The number of fused-ring (bicyclic) bond motifs is 4. The van der Waals surface area contributed by atoms with Crippen molar-refractivity contribution in [2.75, 3.05) is 5.32 Å². The molecule has 1 N–H and O–H groups in total. The minimum absolute atomic E-state index is 0.651. The zero-order valence-corrected chi connectivity index (χ0v) is 17.5. The average molecular weight is 434 g/mol. The Balaban J connectivity index is 1.56. The molecule has 152 valence electrons. The van der Waals surface area contributed by atoms with Gasteiger partial charge in [-0.25, -0.2) is 19.6 Å². The highest BCUT2D eigenvalue weighted by atomic mass is 32.2. The summed E-state index contributed by atoms with van der Waals surface area (Å²) in [5, 5.41) is 9.47. The first-order valence-electron chi connectivity index (χ1n) is 10.1. The molecule has 0 amide bonds. The fourth-order valence-corrected chi connectivity index (χ4v) is 5.19. The third kappa shape index (κ3) is 2.50. The van der Waals surface area contributed by atoms with Gasteiger partial charge in [-0.05, 0) is 30.3 Å². The van der Waals surface area contributed by atoms with E-state index in [0.29, 0.717) is 5.65 Å². The first kappa shape index (κ1) is 17.5. The lowest BCUT2D eigenvalue weighted by molar-refractivity contribution is 0.891. The molecule has 0 radical (unpaired) electrons. The minimum atomic E-state index is 0.651. The Morgan fingerprint density at radius 3 is 2.72 bits per heavy atom. The molecule has 1 aliphatic rings. The number of hydrogen-bond acceptors (Lipinski definition) is 6. The van der Waals surface area contributed by atoms with E-state index < -0.39 is 0 Å². The van der Waals surface area contributed by atoms with Crippen LogP contribution in [0.3, 0.4) is 0 Å². The van der Waals surface area contributed by atoms with E-state index >= 15 is 0 Å². The number of para-hydroxylation sites is 2. The van der Waals surface area contributed by atoms with Crippen LogP contribution >= 0.6 is 11.8 Å². The van der Waals surface area contributed by atoms with Gasteiger partial charge in [0.25, 0.3) is 0 Å². The summed E-state index contributed by atoms with van der Waals surface area (Å²) in [4.78, 5) is 15.4. The summed E-state index contributed by atoms with van der Waals surface area (Å²) < 4.78 is 4.02. The number of nitrogens with zero attached hydrogens (tertiary/aromatic N) is 6. The minimum Gasteiger partial charge on any atom is -0.352 e. The highest BCUT2D eigenvalue weighted by Crippen LogP contribution is 2.48. The molecule has 0 spiro atoms. The summed E-state index contributed by atoms with van der Waals surface area (Å²) in [5.41, 5.74) is 6.51. The molecule has 0 saturated heterocycles. The lowest BCUT2D eigenvalue weighted by atomic mass is 10.2. The molecule has 0 atom stereocenters. The molecular weight excluding hydrogens is 418 g/mol. The molecule has 0 saturated carbocycles. The van der Waals surface area contributed by atoms with Gasteiger partial charge >= 0.3 is 0 Å². The smallest absolute Gasteiger partial charge is 0.181 e. The molecule has 1 aliphatic heterocycles. The summed E-state index contributed by atoms with van der Waals surface area (Å²) in [6, 6.07) is 20.8. The number of nitrogens with one attached hydrogen (secondary N) is 1. The second-order valence-corrected chi connectivity index (χ2v) is 8.57. The zero-order valence-electron chi connectivity index (χ0n) is 16.7. The number of benzene rings is 3. The maximum absolute atomic E-state index is 4.73. The summed E-state index contributed by atoms with van der Waals surface area (Å²) >= 11 is 1.75. The van der Waals surface area contributed by atoms with E-state index in [0.717, 1.165) is 44.1 Å².